The Kier molecular flexibility index (Phi) is 6.21. The normalized spacial score (nSPS) is 14.1. The summed E-state index contributed by atoms with van der Waals surface area (Å²) in [6.07, 6.45) is 9.43. The standard InChI is InChI=1S/C24H24N8S/c1-18-17-26-24(33-18)30-22-27-21(8-7-19-5-3-2-4-6-19)28-23(29-22)32-15-13-31(14-16-32)20-9-11-25-12-10-20/h2-12,17H,13-16H2,1H3,(H,26,27,28,29,30)/b8-7+. The lowest BCUT2D eigenvalue weighted by atomic mass is 10.2. The minimum atomic E-state index is 0.499. The second kappa shape index (κ2) is 9.74. The molecule has 8 nitrogen and oxygen atoms in total. The van der Waals surface area contributed by atoms with Crippen molar-refractivity contribution in [2.75, 3.05) is 41.3 Å². The average molecular weight is 457 g/mol. The number of hydrogen-bond acceptors (Lipinski definition) is 9. The second-order valence-electron chi connectivity index (χ2n) is 7.64. The summed E-state index contributed by atoms with van der Waals surface area (Å²) in [4.78, 5) is 28.3. The molecule has 1 aliphatic rings. The van der Waals surface area contributed by atoms with Gasteiger partial charge < -0.3 is 9.80 Å². The van der Waals surface area contributed by atoms with E-state index in [4.69, 9.17) is 9.97 Å². The van der Waals surface area contributed by atoms with Crippen molar-refractivity contribution >= 4 is 46.2 Å². The van der Waals surface area contributed by atoms with Gasteiger partial charge in [-0.3, -0.25) is 10.3 Å². The lowest BCUT2D eigenvalue weighted by Crippen LogP contribution is -2.47. The van der Waals surface area contributed by atoms with Gasteiger partial charge in [0.05, 0.1) is 0 Å². The molecular formula is C24H24N8S. The third kappa shape index (κ3) is 5.32. The van der Waals surface area contributed by atoms with Crippen molar-refractivity contribution in [1.82, 2.24) is 24.9 Å². The van der Waals surface area contributed by atoms with E-state index in [0.717, 1.165) is 41.8 Å². The fourth-order valence-electron chi connectivity index (χ4n) is 3.62. The summed E-state index contributed by atoms with van der Waals surface area (Å²) in [6.45, 7) is 5.45. The summed E-state index contributed by atoms with van der Waals surface area (Å²) in [5.74, 6) is 1.78. The first-order chi connectivity index (χ1) is 16.2. The third-order valence-corrected chi connectivity index (χ3v) is 6.12. The van der Waals surface area contributed by atoms with Gasteiger partial charge >= 0.3 is 0 Å². The van der Waals surface area contributed by atoms with Crippen molar-refractivity contribution in [1.29, 1.82) is 0 Å². The monoisotopic (exact) mass is 456 g/mol. The van der Waals surface area contributed by atoms with Gasteiger partial charge in [0, 0.05) is 55.3 Å². The summed E-state index contributed by atoms with van der Waals surface area (Å²) < 4.78 is 0. The quantitative estimate of drug-likeness (QED) is 0.461. The van der Waals surface area contributed by atoms with Crippen LogP contribution < -0.4 is 15.1 Å². The van der Waals surface area contributed by atoms with Crippen molar-refractivity contribution in [2.45, 2.75) is 6.92 Å². The minimum Gasteiger partial charge on any atom is -0.368 e. The molecule has 4 heterocycles. The van der Waals surface area contributed by atoms with E-state index in [1.54, 1.807) is 11.3 Å². The van der Waals surface area contributed by atoms with Crippen LogP contribution in [0.4, 0.5) is 22.7 Å². The first-order valence-electron chi connectivity index (χ1n) is 10.8. The molecule has 0 atom stereocenters. The Balaban J connectivity index is 1.38. The molecule has 9 heteroatoms. The molecule has 3 aromatic heterocycles. The molecule has 0 bridgehead atoms. The smallest absolute Gasteiger partial charge is 0.234 e. The first kappa shape index (κ1) is 21.0. The van der Waals surface area contributed by atoms with Gasteiger partial charge in [-0.25, -0.2) is 4.98 Å². The van der Waals surface area contributed by atoms with Crippen LogP contribution in [0.15, 0.2) is 61.1 Å². The molecule has 0 saturated carbocycles. The molecule has 1 N–H and O–H groups in total. The number of piperazine rings is 1. The molecule has 0 aliphatic carbocycles. The zero-order chi connectivity index (χ0) is 22.5. The van der Waals surface area contributed by atoms with Crippen molar-refractivity contribution in [3.8, 4) is 0 Å². The Labute approximate surface area is 196 Å². The number of pyridine rings is 1. The van der Waals surface area contributed by atoms with Crippen LogP contribution in [0.25, 0.3) is 12.2 Å². The van der Waals surface area contributed by atoms with Gasteiger partial charge in [-0.05, 0) is 30.7 Å². The Morgan fingerprint density at radius 1 is 0.879 bits per heavy atom. The SMILES string of the molecule is Cc1cnc(Nc2nc(/C=C/c3ccccc3)nc(N3CCN(c4ccncc4)CC3)n2)s1. The van der Waals surface area contributed by atoms with Crippen LogP contribution in [0, 0.1) is 6.92 Å². The molecule has 0 radical (unpaired) electrons. The van der Waals surface area contributed by atoms with Crippen LogP contribution in [0.5, 0.6) is 0 Å². The molecule has 1 aromatic carbocycles. The van der Waals surface area contributed by atoms with Gasteiger partial charge in [-0.1, -0.05) is 36.4 Å². The number of nitrogens with one attached hydrogen (secondary N) is 1. The van der Waals surface area contributed by atoms with Gasteiger partial charge in [-0.2, -0.15) is 15.0 Å². The van der Waals surface area contributed by atoms with E-state index >= 15 is 0 Å². The fourth-order valence-corrected chi connectivity index (χ4v) is 4.27. The Bertz CT molecular complexity index is 1220. The maximum Gasteiger partial charge on any atom is 0.234 e. The van der Waals surface area contributed by atoms with Gasteiger partial charge in [-0.15, -0.1) is 11.3 Å². The number of benzene rings is 1. The zero-order valence-electron chi connectivity index (χ0n) is 18.3. The lowest BCUT2D eigenvalue weighted by Gasteiger charge is -2.36. The number of rotatable bonds is 6. The van der Waals surface area contributed by atoms with Gasteiger partial charge in [0.15, 0.2) is 11.0 Å². The summed E-state index contributed by atoms with van der Waals surface area (Å²) >= 11 is 1.57. The molecule has 0 amide bonds. The average Bonchev–Trinajstić information content (AvgIpc) is 3.28. The highest BCUT2D eigenvalue weighted by molar-refractivity contribution is 7.15. The zero-order valence-corrected chi connectivity index (χ0v) is 19.1. The topological polar surface area (TPSA) is 83.0 Å². The van der Waals surface area contributed by atoms with E-state index in [-0.39, 0.29) is 0 Å². The van der Waals surface area contributed by atoms with E-state index in [1.807, 2.05) is 68.0 Å². The highest BCUT2D eigenvalue weighted by atomic mass is 32.1. The number of aryl methyl sites for hydroxylation is 1. The van der Waals surface area contributed by atoms with Crippen LogP contribution in [0.2, 0.25) is 0 Å². The van der Waals surface area contributed by atoms with Crippen LogP contribution in [0.3, 0.4) is 0 Å². The van der Waals surface area contributed by atoms with E-state index in [1.165, 1.54) is 5.69 Å². The number of hydrogen-bond donors (Lipinski definition) is 1. The maximum absolute atomic E-state index is 4.75. The van der Waals surface area contributed by atoms with Crippen LogP contribution in [-0.4, -0.2) is 51.1 Å². The molecule has 1 aliphatic heterocycles. The molecule has 0 unspecified atom stereocenters. The summed E-state index contributed by atoms with van der Waals surface area (Å²) in [7, 11) is 0. The van der Waals surface area contributed by atoms with Crippen molar-refractivity contribution in [3.05, 3.63) is 77.3 Å². The molecule has 33 heavy (non-hydrogen) atoms. The Morgan fingerprint density at radius 3 is 2.36 bits per heavy atom. The molecule has 0 spiro atoms. The fraction of sp³-hybridized carbons (Fsp3) is 0.208. The van der Waals surface area contributed by atoms with Gasteiger partial charge in [0.1, 0.15) is 0 Å². The number of anilines is 4. The van der Waals surface area contributed by atoms with Crippen molar-refractivity contribution in [2.24, 2.45) is 0 Å². The molecule has 5 rings (SSSR count). The van der Waals surface area contributed by atoms with E-state index in [0.29, 0.717) is 17.7 Å². The van der Waals surface area contributed by atoms with Crippen molar-refractivity contribution in [3.63, 3.8) is 0 Å². The van der Waals surface area contributed by atoms with Crippen molar-refractivity contribution < 1.29 is 0 Å². The van der Waals surface area contributed by atoms with Gasteiger partial charge in [0.2, 0.25) is 11.9 Å². The highest BCUT2D eigenvalue weighted by Crippen LogP contribution is 2.23. The third-order valence-electron chi connectivity index (χ3n) is 5.30. The molecule has 4 aromatic rings. The number of thiazole rings is 1. The lowest BCUT2D eigenvalue weighted by molar-refractivity contribution is 0.638. The minimum absolute atomic E-state index is 0.499. The number of nitrogens with zero attached hydrogens (tertiary/aromatic N) is 7. The summed E-state index contributed by atoms with van der Waals surface area (Å²) in [5.41, 5.74) is 2.28. The van der Waals surface area contributed by atoms with Gasteiger partial charge in [0.25, 0.3) is 0 Å². The second-order valence-corrected chi connectivity index (χ2v) is 8.88. The predicted octanol–water partition coefficient (Wildman–Crippen LogP) is 4.27. The highest BCUT2D eigenvalue weighted by Gasteiger charge is 2.20. The van der Waals surface area contributed by atoms with Crippen LogP contribution >= 0.6 is 11.3 Å². The molecule has 1 saturated heterocycles. The number of aromatic nitrogens is 5. The molecule has 166 valence electrons. The van der Waals surface area contributed by atoms with E-state index in [9.17, 15) is 0 Å². The summed E-state index contributed by atoms with van der Waals surface area (Å²) in [6, 6.07) is 14.2. The van der Waals surface area contributed by atoms with Crippen LogP contribution in [-0.2, 0) is 0 Å². The summed E-state index contributed by atoms with van der Waals surface area (Å²) in [5, 5.41) is 4.01. The molecule has 1 fully saturated rings. The predicted molar refractivity (Wildman–Crippen MR) is 134 cm³/mol. The molecular weight excluding hydrogens is 432 g/mol. The van der Waals surface area contributed by atoms with E-state index < -0.39 is 0 Å². The van der Waals surface area contributed by atoms with E-state index in [2.05, 4.69) is 42.2 Å². The largest absolute Gasteiger partial charge is 0.368 e. The first-order valence-corrected chi connectivity index (χ1v) is 11.6. The maximum atomic E-state index is 4.75. The Morgan fingerprint density at radius 2 is 1.64 bits per heavy atom. The van der Waals surface area contributed by atoms with Crippen LogP contribution in [0.1, 0.15) is 16.3 Å². The Hall–Kier alpha value is -3.85.